The first kappa shape index (κ1) is 15.4. The highest BCUT2D eigenvalue weighted by molar-refractivity contribution is 5.81. The molecule has 16 heavy (non-hydrogen) atoms. The number of carbonyl (C=O) groups is 1. The van der Waals surface area contributed by atoms with Gasteiger partial charge in [0.05, 0.1) is 6.04 Å². The van der Waals surface area contributed by atoms with Crippen LogP contribution >= 0.6 is 0 Å². The molecule has 1 atom stereocenters. The average molecular weight is 228 g/mol. The lowest BCUT2D eigenvalue weighted by Crippen LogP contribution is -2.49. The average Bonchev–Trinajstić information content (AvgIpc) is 2.26. The Kier molecular flexibility index (Phi) is 7.39. The number of amides is 1. The van der Waals surface area contributed by atoms with Crippen molar-refractivity contribution in [3.8, 4) is 0 Å². The summed E-state index contributed by atoms with van der Waals surface area (Å²) in [6, 6.07) is 0.00634. The molecule has 0 aliphatic carbocycles. The maximum Gasteiger partial charge on any atom is 0.239 e. The molecule has 0 bridgehead atoms. The van der Waals surface area contributed by atoms with E-state index in [2.05, 4.69) is 27.7 Å². The van der Waals surface area contributed by atoms with Crippen LogP contribution in [0.3, 0.4) is 0 Å². The van der Waals surface area contributed by atoms with Gasteiger partial charge in [-0.2, -0.15) is 0 Å². The lowest BCUT2D eigenvalue weighted by molar-refractivity contribution is -0.135. The van der Waals surface area contributed by atoms with Gasteiger partial charge in [-0.1, -0.05) is 34.6 Å². The van der Waals surface area contributed by atoms with Gasteiger partial charge in [0.15, 0.2) is 0 Å². The van der Waals surface area contributed by atoms with Crippen LogP contribution in [-0.4, -0.2) is 29.4 Å². The smallest absolute Gasteiger partial charge is 0.239 e. The summed E-state index contributed by atoms with van der Waals surface area (Å²) in [6.45, 7) is 11.3. The van der Waals surface area contributed by atoms with E-state index in [-0.39, 0.29) is 11.9 Å². The summed E-state index contributed by atoms with van der Waals surface area (Å²) in [5.41, 5.74) is 5.85. The predicted molar refractivity (Wildman–Crippen MR) is 69.2 cm³/mol. The summed E-state index contributed by atoms with van der Waals surface area (Å²) < 4.78 is 0. The van der Waals surface area contributed by atoms with E-state index in [4.69, 9.17) is 5.73 Å². The van der Waals surface area contributed by atoms with Crippen LogP contribution in [0.15, 0.2) is 0 Å². The summed E-state index contributed by atoms with van der Waals surface area (Å²) in [5, 5.41) is 0. The second-order valence-corrected chi connectivity index (χ2v) is 4.87. The summed E-state index contributed by atoms with van der Waals surface area (Å²) >= 11 is 0. The molecule has 0 aromatic rings. The van der Waals surface area contributed by atoms with Crippen molar-refractivity contribution >= 4 is 5.91 Å². The van der Waals surface area contributed by atoms with Gasteiger partial charge in [0, 0.05) is 12.6 Å². The van der Waals surface area contributed by atoms with Crippen molar-refractivity contribution in [2.75, 3.05) is 6.54 Å². The zero-order valence-corrected chi connectivity index (χ0v) is 11.5. The zero-order chi connectivity index (χ0) is 12.7. The maximum absolute atomic E-state index is 12.2. The van der Waals surface area contributed by atoms with E-state index in [0.29, 0.717) is 18.4 Å². The van der Waals surface area contributed by atoms with Gasteiger partial charge in [-0.3, -0.25) is 4.79 Å². The van der Waals surface area contributed by atoms with Crippen molar-refractivity contribution in [2.24, 2.45) is 11.7 Å². The van der Waals surface area contributed by atoms with Gasteiger partial charge in [0.2, 0.25) is 5.91 Å². The normalized spacial score (nSPS) is 13.2. The number of carbonyl (C=O) groups excluding carboxylic acids is 1. The third-order valence-electron chi connectivity index (χ3n) is 2.99. The zero-order valence-electron chi connectivity index (χ0n) is 11.5. The largest absolute Gasteiger partial charge is 0.338 e. The van der Waals surface area contributed by atoms with Crippen molar-refractivity contribution in [3.63, 3.8) is 0 Å². The van der Waals surface area contributed by atoms with Gasteiger partial charge in [0.1, 0.15) is 0 Å². The van der Waals surface area contributed by atoms with E-state index in [1.807, 2.05) is 11.8 Å². The fourth-order valence-electron chi connectivity index (χ4n) is 1.93. The number of rotatable bonds is 7. The standard InChI is InChI=1S/C13H28N2O/c1-6-11(7-2)15(9-10(4)5)13(16)12(14)8-3/h10-12H,6-9,14H2,1-5H3/t12-/m0/s1. The summed E-state index contributed by atoms with van der Waals surface area (Å²) in [5.74, 6) is 0.610. The van der Waals surface area contributed by atoms with Crippen molar-refractivity contribution < 1.29 is 4.79 Å². The number of nitrogens with two attached hydrogens (primary N) is 1. The minimum absolute atomic E-state index is 0.116. The molecule has 0 aliphatic heterocycles. The molecular weight excluding hydrogens is 200 g/mol. The van der Waals surface area contributed by atoms with Crippen molar-refractivity contribution in [2.45, 2.75) is 66.0 Å². The lowest BCUT2D eigenvalue weighted by Gasteiger charge is -2.33. The Morgan fingerprint density at radius 1 is 1.12 bits per heavy atom. The number of hydrogen-bond acceptors (Lipinski definition) is 2. The third kappa shape index (κ3) is 4.52. The van der Waals surface area contributed by atoms with E-state index in [9.17, 15) is 4.79 Å². The highest BCUT2D eigenvalue weighted by atomic mass is 16.2. The van der Waals surface area contributed by atoms with Crippen LogP contribution in [0.25, 0.3) is 0 Å². The Bertz CT molecular complexity index is 200. The molecule has 0 heterocycles. The first-order valence-electron chi connectivity index (χ1n) is 6.53. The molecule has 1 amide bonds. The van der Waals surface area contributed by atoms with E-state index < -0.39 is 0 Å². The van der Waals surface area contributed by atoms with Gasteiger partial charge in [-0.15, -0.1) is 0 Å². The minimum atomic E-state index is -0.334. The molecule has 0 radical (unpaired) electrons. The molecule has 3 heteroatoms. The van der Waals surface area contributed by atoms with E-state index in [1.54, 1.807) is 0 Å². The highest BCUT2D eigenvalue weighted by Gasteiger charge is 2.25. The highest BCUT2D eigenvalue weighted by Crippen LogP contribution is 2.13. The SMILES string of the molecule is CCC(CC)N(CC(C)C)C(=O)[C@@H](N)CC. The summed E-state index contributed by atoms with van der Waals surface area (Å²) in [6.07, 6.45) is 2.73. The van der Waals surface area contributed by atoms with Crippen LogP contribution in [0.2, 0.25) is 0 Å². The molecule has 3 nitrogen and oxygen atoms in total. The minimum Gasteiger partial charge on any atom is -0.338 e. The Morgan fingerprint density at radius 2 is 1.62 bits per heavy atom. The molecule has 0 unspecified atom stereocenters. The monoisotopic (exact) mass is 228 g/mol. The molecule has 0 aliphatic rings. The third-order valence-corrected chi connectivity index (χ3v) is 2.99. The van der Waals surface area contributed by atoms with Crippen molar-refractivity contribution in [1.29, 1.82) is 0 Å². The van der Waals surface area contributed by atoms with Gasteiger partial charge < -0.3 is 10.6 Å². The Balaban J connectivity index is 4.70. The lowest BCUT2D eigenvalue weighted by atomic mass is 10.1. The molecular formula is C13H28N2O. The second kappa shape index (κ2) is 7.66. The molecule has 0 saturated carbocycles. The fourth-order valence-corrected chi connectivity index (χ4v) is 1.93. The number of nitrogens with zero attached hydrogens (tertiary/aromatic N) is 1. The van der Waals surface area contributed by atoms with Crippen LogP contribution in [-0.2, 0) is 4.79 Å². The number of hydrogen-bond donors (Lipinski definition) is 1. The van der Waals surface area contributed by atoms with Crippen LogP contribution in [0.5, 0.6) is 0 Å². The van der Waals surface area contributed by atoms with Gasteiger partial charge >= 0.3 is 0 Å². The summed E-state index contributed by atoms with van der Waals surface area (Å²) in [7, 11) is 0. The van der Waals surface area contributed by atoms with Gasteiger partial charge in [-0.25, -0.2) is 0 Å². The van der Waals surface area contributed by atoms with Gasteiger partial charge in [0.25, 0.3) is 0 Å². The topological polar surface area (TPSA) is 46.3 Å². The predicted octanol–water partition coefficient (Wildman–Crippen LogP) is 2.40. The Morgan fingerprint density at radius 3 is 1.94 bits per heavy atom. The molecule has 0 fully saturated rings. The molecule has 0 spiro atoms. The maximum atomic E-state index is 12.2. The quantitative estimate of drug-likeness (QED) is 0.727. The molecule has 0 rings (SSSR count). The van der Waals surface area contributed by atoms with Crippen LogP contribution in [0, 0.1) is 5.92 Å². The van der Waals surface area contributed by atoms with E-state index >= 15 is 0 Å². The fraction of sp³-hybridized carbons (Fsp3) is 0.923. The van der Waals surface area contributed by atoms with Crippen LogP contribution < -0.4 is 5.73 Å². The van der Waals surface area contributed by atoms with E-state index in [0.717, 1.165) is 19.4 Å². The van der Waals surface area contributed by atoms with Crippen molar-refractivity contribution in [1.82, 2.24) is 4.90 Å². The van der Waals surface area contributed by atoms with Crippen LogP contribution in [0.1, 0.15) is 53.9 Å². The Labute approximate surface area is 100 Å². The van der Waals surface area contributed by atoms with Gasteiger partial charge in [-0.05, 0) is 25.2 Å². The molecule has 0 saturated heterocycles. The Hall–Kier alpha value is -0.570. The van der Waals surface area contributed by atoms with Crippen molar-refractivity contribution in [3.05, 3.63) is 0 Å². The van der Waals surface area contributed by atoms with Crippen LogP contribution in [0.4, 0.5) is 0 Å². The van der Waals surface area contributed by atoms with E-state index in [1.165, 1.54) is 0 Å². The molecule has 2 N–H and O–H groups in total. The molecule has 96 valence electrons. The first-order chi connectivity index (χ1) is 7.47. The second-order valence-electron chi connectivity index (χ2n) is 4.87. The molecule has 0 aromatic heterocycles. The summed E-state index contributed by atoms with van der Waals surface area (Å²) in [4.78, 5) is 14.2. The first-order valence-corrected chi connectivity index (χ1v) is 6.53. The molecule has 0 aromatic carbocycles.